The van der Waals surface area contributed by atoms with Gasteiger partial charge in [-0.3, -0.25) is 9.59 Å². The van der Waals surface area contributed by atoms with Gasteiger partial charge in [-0.2, -0.15) is 5.10 Å². The van der Waals surface area contributed by atoms with Gasteiger partial charge in [-0.1, -0.05) is 26.0 Å². The summed E-state index contributed by atoms with van der Waals surface area (Å²) in [5.41, 5.74) is 1.49. The maximum atomic E-state index is 13.6. The number of ether oxygens (including phenoxy) is 1. The van der Waals surface area contributed by atoms with Gasteiger partial charge in [-0.25, -0.2) is 13.5 Å². The fourth-order valence-corrected chi connectivity index (χ4v) is 3.99. The molecule has 0 bridgehead atoms. The van der Waals surface area contributed by atoms with Gasteiger partial charge >= 0.3 is 5.97 Å². The number of aromatic nitrogens is 2. The molecule has 3 aromatic rings. The molecule has 0 radical (unpaired) electrons. The van der Waals surface area contributed by atoms with Crippen LogP contribution in [-0.2, 0) is 11.3 Å². The molecule has 2 atom stereocenters. The van der Waals surface area contributed by atoms with Crippen LogP contribution in [0.2, 0.25) is 0 Å². The third-order valence-electron chi connectivity index (χ3n) is 5.75. The topological polar surface area (TPSA) is 125 Å². The first-order chi connectivity index (χ1) is 18.0. The Morgan fingerprint density at radius 3 is 2.34 bits per heavy atom. The number of carbonyl (C=O) groups excluding carboxylic acids is 1. The molecular formula is C27H31F2N3O6. The van der Waals surface area contributed by atoms with Gasteiger partial charge in [0.05, 0.1) is 24.3 Å². The van der Waals surface area contributed by atoms with Crippen molar-refractivity contribution in [2.24, 2.45) is 0 Å². The van der Waals surface area contributed by atoms with E-state index in [1.807, 2.05) is 13.8 Å². The maximum Gasteiger partial charge on any atom is 0.305 e. The molecule has 0 spiro atoms. The van der Waals surface area contributed by atoms with Crippen molar-refractivity contribution >= 4 is 11.9 Å². The summed E-state index contributed by atoms with van der Waals surface area (Å²) < 4.78 is 34.5. The lowest BCUT2D eigenvalue weighted by Gasteiger charge is -2.19. The minimum Gasteiger partial charge on any atom is -0.481 e. The number of benzene rings is 2. The molecule has 1 aromatic heterocycles. The van der Waals surface area contributed by atoms with Crippen LogP contribution >= 0.6 is 0 Å². The highest BCUT2D eigenvalue weighted by Crippen LogP contribution is 2.33. The summed E-state index contributed by atoms with van der Waals surface area (Å²) >= 11 is 0. The van der Waals surface area contributed by atoms with Crippen LogP contribution in [0.25, 0.3) is 5.69 Å². The molecule has 1 heterocycles. The molecule has 0 saturated carbocycles. The lowest BCUT2D eigenvalue weighted by molar-refractivity contribution is -0.139. The van der Waals surface area contributed by atoms with Crippen molar-refractivity contribution in [2.75, 3.05) is 13.7 Å². The number of nitrogens with zero attached hydrogens (tertiary/aromatic N) is 3. The van der Waals surface area contributed by atoms with Crippen LogP contribution < -0.4 is 4.74 Å². The molecule has 9 nitrogen and oxygen atoms in total. The van der Waals surface area contributed by atoms with Crippen LogP contribution in [0.5, 0.6) is 5.88 Å². The average Bonchev–Trinajstić information content (AvgIpc) is 3.22. The van der Waals surface area contributed by atoms with Crippen LogP contribution in [0.3, 0.4) is 0 Å². The lowest BCUT2D eigenvalue weighted by atomic mass is 10.0. The van der Waals surface area contributed by atoms with Gasteiger partial charge in [0.2, 0.25) is 5.88 Å². The predicted molar refractivity (Wildman–Crippen MR) is 134 cm³/mol. The first-order valence-electron chi connectivity index (χ1n) is 12.1. The Hall–Kier alpha value is -3.83. The number of hydrogen-bond donors (Lipinski definition) is 3. The van der Waals surface area contributed by atoms with Gasteiger partial charge in [0.15, 0.2) is 5.69 Å². The molecule has 1 amide bonds. The second-order valence-corrected chi connectivity index (χ2v) is 9.35. The summed E-state index contributed by atoms with van der Waals surface area (Å²) in [4.78, 5) is 25.7. The Morgan fingerprint density at radius 1 is 1.05 bits per heavy atom. The van der Waals surface area contributed by atoms with Crippen molar-refractivity contribution in [3.63, 3.8) is 0 Å². The molecule has 0 aliphatic rings. The van der Waals surface area contributed by atoms with E-state index in [2.05, 4.69) is 5.10 Å². The van der Waals surface area contributed by atoms with Gasteiger partial charge in [-0.15, -0.1) is 0 Å². The van der Waals surface area contributed by atoms with E-state index in [9.17, 15) is 28.6 Å². The van der Waals surface area contributed by atoms with E-state index in [1.165, 1.54) is 46.0 Å². The third-order valence-corrected chi connectivity index (χ3v) is 5.75. The normalized spacial score (nSPS) is 12.8. The SMILES string of the molecule is CC(C)c1c(C(=O)N(C)Cc2cccc(F)c2)nn(-c2ccc(F)cc2)c1OC[C@@H](O)C[C@@H](O)CC(=O)O. The van der Waals surface area contributed by atoms with Crippen molar-refractivity contribution < 1.29 is 38.4 Å². The average molecular weight is 532 g/mol. The standard InChI is InChI=1S/C27H31F2N3O6/c1-16(2)24-25(26(37)31(3)14-17-5-4-6-19(29)11-17)30-32(20-9-7-18(28)8-10-20)27(24)38-15-22(34)12-21(33)13-23(35)36/h4-11,16,21-22,33-34H,12-15H2,1-3H3,(H,35,36)/t21-,22+/m1/s1. The van der Waals surface area contributed by atoms with Crippen molar-refractivity contribution in [3.05, 3.63) is 77.0 Å². The molecule has 0 unspecified atom stereocenters. The number of aliphatic carboxylic acids is 1. The Balaban J connectivity index is 1.95. The van der Waals surface area contributed by atoms with Gasteiger partial charge in [0, 0.05) is 25.6 Å². The van der Waals surface area contributed by atoms with E-state index in [1.54, 1.807) is 19.2 Å². The molecular weight excluding hydrogens is 500 g/mol. The summed E-state index contributed by atoms with van der Waals surface area (Å²) in [7, 11) is 1.56. The maximum absolute atomic E-state index is 13.6. The highest BCUT2D eigenvalue weighted by atomic mass is 19.1. The summed E-state index contributed by atoms with van der Waals surface area (Å²) in [6, 6.07) is 11.3. The second kappa shape index (κ2) is 12.6. The summed E-state index contributed by atoms with van der Waals surface area (Å²) in [6.07, 6.45) is -3.25. The number of carbonyl (C=O) groups is 2. The van der Waals surface area contributed by atoms with Gasteiger partial charge in [0.25, 0.3) is 5.91 Å². The minimum atomic E-state index is -1.27. The number of hydrogen-bond acceptors (Lipinski definition) is 6. The first-order valence-corrected chi connectivity index (χ1v) is 12.1. The van der Waals surface area contributed by atoms with Gasteiger partial charge in [-0.05, 0) is 47.9 Å². The predicted octanol–water partition coefficient (Wildman–Crippen LogP) is 3.51. The molecule has 3 rings (SSSR count). The first kappa shape index (κ1) is 28.7. The summed E-state index contributed by atoms with van der Waals surface area (Å²) in [5.74, 6) is -2.68. The van der Waals surface area contributed by atoms with E-state index in [0.29, 0.717) is 16.8 Å². The fourth-order valence-electron chi connectivity index (χ4n) is 3.99. The monoisotopic (exact) mass is 531 g/mol. The number of aliphatic hydroxyl groups is 2. The van der Waals surface area contributed by atoms with E-state index in [-0.39, 0.29) is 37.1 Å². The smallest absolute Gasteiger partial charge is 0.305 e. The highest BCUT2D eigenvalue weighted by Gasteiger charge is 2.29. The Morgan fingerprint density at radius 2 is 1.74 bits per heavy atom. The van der Waals surface area contributed by atoms with Crippen molar-refractivity contribution in [1.82, 2.24) is 14.7 Å². The van der Waals surface area contributed by atoms with Crippen LogP contribution in [0, 0.1) is 11.6 Å². The summed E-state index contributed by atoms with van der Waals surface area (Å²) in [5, 5.41) is 33.5. The zero-order chi connectivity index (χ0) is 28.0. The Labute approximate surface area is 218 Å². The highest BCUT2D eigenvalue weighted by molar-refractivity contribution is 5.94. The Kier molecular flexibility index (Phi) is 9.54. The quantitative estimate of drug-likeness (QED) is 0.327. The van der Waals surface area contributed by atoms with Crippen molar-refractivity contribution in [3.8, 4) is 11.6 Å². The van der Waals surface area contributed by atoms with E-state index in [4.69, 9.17) is 9.84 Å². The lowest BCUT2D eigenvalue weighted by Crippen LogP contribution is -2.28. The van der Waals surface area contributed by atoms with Gasteiger partial charge < -0.3 is 25.0 Å². The largest absolute Gasteiger partial charge is 0.481 e. The number of carboxylic acids is 1. The molecule has 0 fully saturated rings. The van der Waals surface area contributed by atoms with Crippen LogP contribution in [-0.4, -0.2) is 67.7 Å². The molecule has 11 heteroatoms. The van der Waals surface area contributed by atoms with Crippen LogP contribution in [0.1, 0.15) is 54.2 Å². The molecule has 0 saturated heterocycles. The molecule has 3 N–H and O–H groups in total. The minimum absolute atomic E-state index is 0.0682. The molecule has 0 aliphatic carbocycles. The Bertz CT molecular complexity index is 1260. The number of rotatable bonds is 12. The molecule has 2 aromatic carbocycles. The number of halogens is 2. The third kappa shape index (κ3) is 7.36. The molecule has 0 aliphatic heterocycles. The van der Waals surface area contributed by atoms with E-state index < -0.39 is 42.1 Å². The van der Waals surface area contributed by atoms with Crippen molar-refractivity contribution in [1.29, 1.82) is 0 Å². The van der Waals surface area contributed by atoms with E-state index >= 15 is 0 Å². The zero-order valence-electron chi connectivity index (χ0n) is 21.3. The van der Waals surface area contributed by atoms with E-state index in [0.717, 1.165) is 0 Å². The fraction of sp³-hybridized carbons (Fsp3) is 0.370. The van der Waals surface area contributed by atoms with Crippen LogP contribution in [0.15, 0.2) is 48.5 Å². The number of carboxylic acid groups (broad SMARTS) is 1. The van der Waals surface area contributed by atoms with Crippen LogP contribution in [0.4, 0.5) is 8.78 Å². The number of amides is 1. The molecule has 38 heavy (non-hydrogen) atoms. The number of aliphatic hydroxyl groups excluding tert-OH is 2. The molecule has 204 valence electrons. The van der Waals surface area contributed by atoms with Gasteiger partial charge in [0.1, 0.15) is 18.2 Å². The summed E-state index contributed by atoms with van der Waals surface area (Å²) in [6.45, 7) is 3.45. The second-order valence-electron chi connectivity index (χ2n) is 9.35. The zero-order valence-corrected chi connectivity index (χ0v) is 21.3. The van der Waals surface area contributed by atoms with Crippen molar-refractivity contribution in [2.45, 2.75) is 51.4 Å².